The summed E-state index contributed by atoms with van der Waals surface area (Å²) in [6.07, 6.45) is 1.36. The molecule has 0 unspecified atom stereocenters. The summed E-state index contributed by atoms with van der Waals surface area (Å²) in [7, 11) is -3.82. The van der Waals surface area contributed by atoms with Gasteiger partial charge >= 0.3 is 0 Å². The van der Waals surface area contributed by atoms with Crippen LogP contribution in [0.15, 0.2) is 41.3 Å². The number of primary amides is 1. The van der Waals surface area contributed by atoms with Crippen molar-refractivity contribution < 1.29 is 18.3 Å². The number of anilines is 1. The Hall–Kier alpha value is -2.54. The van der Waals surface area contributed by atoms with Crippen LogP contribution >= 0.6 is 0 Å². The van der Waals surface area contributed by atoms with Gasteiger partial charge in [0.15, 0.2) is 0 Å². The van der Waals surface area contributed by atoms with Crippen LogP contribution in [0.25, 0.3) is 0 Å². The van der Waals surface area contributed by atoms with Crippen molar-refractivity contribution in [1.29, 1.82) is 0 Å². The largest absolute Gasteiger partial charge is 0.508 e. The second-order valence-corrected chi connectivity index (χ2v) is 7.76. The fraction of sp³-hybridized carbons (Fsp3) is 0.235. The molecule has 0 atom stereocenters. The van der Waals surface area contributed by atoms with Gasteiger partial charge in [-0.3, -0.25) is 9.10 Å². The molecule has 0 saturated carbocycles. The third-order valence-electron chi connectivity index (χ3n) is 4.06. The number of aryl methyl sites for hydroxylation is 2. The van der Waals surface area contributed by atoms with Crippen LogP contribution < -0.4 is 10.0 Å². The summed E-state index contributed by atoms with van der Waals surface area (Å²) in [6, 6.07) is 9.05. The smallest absolute Gasteiger partial charge is 0.264 e. The van der Waals surface area contributed by atoms with Gasteiger partial charge in [0.25, 0.3) is 10.0 Å². The molecule has 0 bridgehead atoms. The summed E-state index contributed by atoms with van der Waals surface area (Å²) >= 11 is 0. The molecule has 2 aromatic carbocycles. The SMILES string of the molecule is Cc1cc(C(N)=O)cc(S(=O)(=O)N2CCCc3cc(O)ccc32)c1. The average Bonchev–Trinajstić information content (AvgIpc) is 2.53. The highest BCUT2D eigenvalue weighted by Gasteiger charge is 2.30. The molecule has 6 nitrogen and oxygen atoms in total. The van der Waals surface area contributed by atoms with Gasteiger partial charge in [-0.05, 0) is 67.3 Å². The summed E-state index contributed by atoms with van der Waals surface area (Å²) in [4.78, 5) is 11.5. The zero-order valence-corrected chi connectivity index (χ0v) is 14.0. The van der Waals surface area contributed by atoms with Crippen molar-refractivity contribution >= 4 is 21.6 Å². The van der Waals surface area contributed by atoms with Crippen molar-refractivity contribution in [3.63, 3.8) is 0 Å². The Labute approximate surface area is 140 Å². The van der Waals surface area contributed by atoms with Crippen molar-refractivity contribution in [2.45, 2.75) is 24.7 Å². The maximum Gasteiger partial charge on any atom is 0.264 e. The Morgan fingerprint density at radius 2 is 1.96 bits per heavy atom. The van der Waals surface area contributed by atoms with Gasteiger partial charge in [-0.25, -0.2) is 8.42 Å². The number of hydrogen-bond acceptors (Lipinski definition) is 4. The van der Waals surface area contributed by atoms with Crippen molar-refractivity contribution in [1.82, 2.24) is 0 Å². The van der Waals surface area contributed by atoms with Crippen molar-refractivity contribution in [3.05, 3.63) is 53.1 Å². The molecule has 0 aromatic heterocycles. The molecule has 0 radical (unpaired) electrons. The number of nitrogens with zero attached hydrogens (tertiary/aromatic N) is 1. The quantitative estimate of drug-likeness (QED) is 0.887. The summed E-state index contributed by atoms with van der Waals surface area (Å²) in [6.45, 7) is 2.06. The fourth-order valence-electron chi connectivity index (χ4n) is 2.97. The Balaban J connectivity index is 2.12. The van der Waals surface area contributed by atoms with Gasteiger partial charge in [-0.1, -0.05) is 0 Å². The lowest BCUT2D eigenvalue weighted by atomic mass is 10.0. The first-order valence-electron chi connectivity index (χ1n) is 7.55. The Morgan fingerprint density at radius 1 is 1.21 bits per heavy atom. The van der Waals surface area contributed by atoms with Crippen LogP contribution in [0, 0.1) is 6.92 Å². The third kappa shape index (κ3) is 2.82. The summed E-state index contributed by atoms with van der Waals surface area (Å²) in [5.41, 5.74) is 7.44. The number of rotatable bonds is 3. The molecule has 3 N–H and O–H groups in total. The molecule has 24 heavy (non-hydrogen) atoms. The predicted octanol–water partition coefficient (Wildman–Crippen LogP) is 1.94. The first-order valence-corrected chi connectivity index (χ1v) is 8.99. The van der Waals surface area contributed by atoms with Crippen LogP contribution in [-0.4, -0.2) is 26.0 Å². The Kier molecular flexibility index (Phi) is 3.96. The maximum atomic E-state index is 13.1. The number of sulfonamides is 1. The minimum absolute atomic E-state index is 0.0391. The minimum Gasteiger partial charge on any atom is -0.508 e. The number of aromatic hydroxyl groups is 1. The van der Waals surface area contributed by atoms with Crippen LogP contribution in [-0.2, 0) is 16.4 Å². The second kappa shape index (κ2) is 5.83. The normalized spacial score (nSPS) is 14.3. The van der Waals surface area contributed by atoms with Gasteiger partial charge < -0.3 is 10.8 Å². The first kappa shape index (κ1) is 16.3. The van der Waals surface area contributed by atoms with E-state index in [2.05, 4.69) is 0 Å². The van der Waals surface area contributed by atoms with Crippen LogP contribution in [0.3, 0.4) is 0 Å². The van der Waals surface area contributed by atoms with Crippen molar-refractivity contribution in [3.8, 4) is 5.75 Å². The predicted molar refractivity (Wildman–Crippen MR) is 90.7 cm³/mol. The molecule has 0 spiro atoms. The molecular weight excluding hydrogens is 328 g/mol. The number of carbonyl (C=O) groups excluding carboxylic acids is 1. The van der Waals surface area contributed by atoms with Crippen LogP contribution in [0.4, 0.5) is 5.69 Å². The monoisotopic (exact) mass is 346 g/mol. The number of benzene rings is 2. The minimum atomic E-state index is -3.82. The van der Waals surface area contributed by atoms with Crippen LogP contribution in [0.1, 0.15) is 27.9 Å². The molecular formula is C17H18N2O4S. The van der Waals surface area contributed by atoms with E-state index in [9.17, 15) is 18.3 Å². The highest BCUT2D eigenvalue weighted by Crippen LogP contribution is 2.34. The highest BCUT2D eigenvalue weighted by atomic mass is 32.2. The summed E-state index contributed by atoms with van der Waals surface area (Å²) < 4.78 is 27.5. The van der Waals surface area contributed by atoms with Gasteiger partial charge in [0, 0.05) is 12.1 Å². The summed E-state index contributed by atoms with van der Waals surface area (Å²) in [5.74, 6) is -0.557. The highest BCUT2D eigenvalue weighted by molar-refractivity contribution is 7.92. The average molecular weight is 346 g/mol. The number of carbonyl (C=O) groups is 1. The van der Waals surface area contributed by atoms with Gasteiger partial charge in [0.05, 0.1) is 10.6 Å². The van der Waals surface area contributed by atoms with Gasteiger partial charge in [-0.2, -0.15) is 0 Å². The third-order valence-corrected chi connectivity index (χ3v) is 5.85. The molecule has 126 valence electrons. The van der Waals surface area contributed by atoms with E-state index in [-0.39, 0.29) is 16.2 Å². The lowest BCUT2D eigenvalue weighted by Gasteiger charge is -2.30. The number of hydrogen-bond donors (Lipinski definition) is 2. The Morgan fingerprint density at radius 3 is 2.67 bits per heavy atom. The van der Waals surface area contributed by atoms with E-state index in [1.165, 1.54) is 22.5 Å². The summed E-state index contributed by atoms with van der Waals surface area (Å²) in [5, 5.41) is 9.61. The van der Waals surface area contributed by atoms with E-state index in [0.717, 1.165) is 5.56 Å². The molecule has 1 aliphatic rings. The molecule has 1 aliphatic heterocycles. The first-order chi connectivity index (χ1) is 11.3. The van der Waals surface area contributed by atoms with E-state index >= 15 is 0 Å². The van der Waals surface area contributed by atoms with Crippen molar-refractivity contribution in [2.75, 3.05) is 10.8 Å². The van der Waals surface area contributed by atoms with Crippen LogP contribution in [0.5, 0.6) is 5.75 Å². The van der Waals surface area contributed by atoms with E-state index in [1.54, 1.807) is 25.1 Å². The van der Waals surface area contributed by atoms with E-state index < -0.39 is 15.9 Å². The lowest BCUT2D eigenvalue weighted by molar-refractivity contribution is 0.1000. The molecule has 1 heterocycles. The molecule has 0 aliphatic carbocycles. The maximum absolute atomic E-state index is 13.1. The Bertz CT molecular complexity index is 922. The standard InChI is InChI=1S/C17H18N2O4S/c1-11-7-13(17(18)21)10-15(8-11)24(22,23)19-6-2-3-12-9-14(20)4-5-16(12)19/h4-5,7-10,20H,2-3,6H2,1H3,(H2,18,21). The van der Waals surface area contributed by atoms with E-state index in [0.29, 0.717) is 30.6 Å². The molecule has 0 saturated heterocycles. The molecule has 7 heteroatoms. The number of phenols is 1. The second-order valence-electron chi connectivity index (χ2n) is 5.89. The molecule has 1 amide bonds. The molecule has 0 fully saturated rings. The number of amides is 1. The van der Waals surface area contributed by atoms with E-state index in [1.807, 2.05) is 0 Å². The fourth-order valence-corrected chi connectivity index (χ4v) is 4.64. The van der Waals surface area contributed by atoms with Crippen LogP contribution in [0.2, 0.25) is 0 Å². The molecule has 3 rings (SSSR count). The topological polar surface area (TPSA) is 101 Å². The van der Waals surface area contributed by atoms with Gasteiger partial charge in [0.1, 0.15) is 5.75 Å². The zero-order chi connectivity index (χ0) is 17.5. The van der Waals surface area contributed by atoms with Gasteiger partial charge in [-0.15, -0.1) is 0 Å². The van der Waals surface area contributed by atoms with Gasteiger partial charge in [0.2, 0.25) is 5.91 Å². The number of nitrogens with two attached hydrogens (primary N) is 1. The molecule has 2 aromatic rings. The zero-order valence-electron chi connectivity index (χ0n) is 13.2. The van der Waals surface area contributed by atoms with Crippen molar-refractivity contribution in [2.24, 2.45) is 5.73 Å². The number of phenolic OH excluding ortho intramolecular Hbond substituents is 1. The van der Waals surface area contributed by atoms with E-state index in [4.69, 9.17) is 5.73 Å². The number of fused-ring (bicyclic) bond motifs is 1. The lowest BCUT2D eigenvalue weighted by Crippen LogP contribution is -2.35.